The van der Waals surface area contributed by atoms with E-state index in [-0.39, 0.29) is 0 Å². The van der Waals surface area contributed by atoms with E-state index in [1.165, 1.54) is 137 Å². The van der Waals surface area contributed by atoms with Crippen LogP contribution in [0.5, 0.6) is 0 Å². The molecule has 0 saturated heterocycles. The second kappa shape index (κ2) is 16.7. The molecule has 0 fully saturated rings. The van der Waals surface area contributed by atoms with Crippen LogP contribution in [0.2, 0.25) is 13.1 Å². The van der Waals surface area contributed by atoms with Crippen LogP contribution < -0.4 is 10.4 Å². The lowest BCUT2D eigenvalue weighted by atomic mass is 9.95. The maximum Gasteiger partial charge on any atom is 0.0541 e. The summed E-state index contributed by atoms with van der Waals surface area (Å²) >= 11 is 0. The van der Waals surface area contributed by atoms with E-state index in [4.69, 9.17) is 0 Å². The zero-order valence-corrected chi connectivity index (χ0v) is 41.3. The van der Waals surface area contributed by atoms with Crippen LogP contribution in [-0.4, -0.2) is 12.6 Å². The van der Waals surface area contributed by atoms with Crippen LogP contribution in [0.15, 0.2) is 261 Å². The first-order valence-electron chi connectivity index (χ1n) is 25.1. The molecule has 2 heterocycles. The van der Waals surface area contributed by atoms with Crippen molar-refractivity contribution in [1.82, 2.24) is 4.57 Å². The Bertz CT molecular complexity index is 4060. The Balaban J connectivity index is 0.865. The molecule has 0 N–H and O–H groups in total. The molecule has 0 bridgehead atoms. The number of aromatic nitrogens is 1. The molecule has 1 aliphatic heterocycles. The van der Waals surface area contributed by atoms with Crippen LogP contribution in [0.4, 0.5) is 0 Å². The first-order valence-corrected chi connectivity index (χ1v) is 28.1. The van der Waals surface area contributed by atoms with Gasteiger partial charge < -0.3 is 4.57 Å². The van der Waals surface area contributed by atoms with Gasteiger partial charge in [-0.2, -0.15) is 23.5 Å². The third kappa shape index (κ3) is 6.90. The van der Waals surface area contributed by atoms with Crippen LogP contribution in [0.3, 0.4) is 0 Å². The highest BCUT2D eigenvalue weighted by Crippen LogP contribution is 2.41. The Morgan fingerprint density at radius 2 is 0.625 bits per heavy atom. The smallest absolute Gasteiger partial charge is 0.0541 e. The maximum atomic E-state index is 2.53. The molecule has 1 nitrogen and oxygen atoms in total. The predicted octanol–water partition coefficient (Wildman–Crippen LogP) is 17.9. The molecule has 12 aromatic carbocycles. The Morgan fingerprint density at radius 3 is 1.15 bits per heavy atom. The predicted molar refractivity (Wildman–Crippen MR) is 311 cm³/mol. The molecule has 339 valence electrons. The lowest BCUT2D eigenvalue weighted by Crippen LogP contribution is -2.49. The van der Waals surface area contributed by atoms with Gasteiger partial charge in [0.05, 0.1) is 11.0 Å². The average molecular weight is 932 g/mol. The number of rotatable bonds is 7. The van der Waals surface area contributed by atoms with E-state index in [2.05, 4.69) is 279 Å². The Kier molecular flexibility index (Phi) is 9.74. The first-order chi connectivity index (χ1) is 35.4. The second-order valence-electron chi connectivity index (χ2n) is 20.1. The van der Waals surface area contributed by atoms with Crippen LogP contribution in [0.25, 0.3) is 127 Å². The standard InChI is InChI=1S/C70H49NSi/c1-72(2)69-44-57(50-24-22-47(23-25-50)46-12-4-3-5-13-46)34-38-63(69)64-39-37-58(45-70(64)72)71-67-40-35-55(48-26-30-53(31-27-48)61-20-10-16-51-14-6-8-18-59(51)61)42-65(67)66-43-56(36-41-68(66)71)49-28-32-54(33-29-49)62-21-11-17-52-15-7-9-19-60(52)62/h3-45H,1-2H3/q-1. The molecule has 0 atom stereocenters. The highest BCUT2D eigenvalue weighted by Gasteiger charge is 2.28. The minimum absolute atomic E-state index is 1.21. The number of nitrogens with zero attached hydrogens (tertiary/aromatic N) is 1. The van der Waals surface area contributed by atoms with E-state index in [0.717, 1.165) is 0 Å². The largest absolute Gasteiger partial charge is 0.309 e. The van der Waals surface area contributed by atoms with Gasteiger partial charge in [-0.3, -0.25) is 0 Å². The van der Waals surface area contributed by atoms with Crippen LogP contribution in [0, 0.1) is 0 Å². The summed E-state index contributed by atoms with van der Waals surface area (Å²) < 4.78 is 2.51. The summed E-state index contributed by atoms with van der Waals surface area (Å²) in [6.45, 7) is 5.07. The molecular formula is C70H49NSi-. The van der Waals surface area contributed by atoms with Gasteiger partial charge in [-0.15, -0.1) is 0 Å². The number of fused-ring (bicyclic) bond motifs is 8. The topological polar surface area (TPSA) is 4.93 Å². The summed E-state index contributed by atoms with van der Waals surface area (Å²) in [4.78, 5) is 0. The van der Waals surface area contributed by atoms with Gasteiger partial charge in [0.1, 0.15) is 0 Å². The van der Waals surface area contributed by atoms with E-state index in [1.54, 1.807) is 0 Å². The quantitative estimate of drug-likeness (QED) is 0.140. The molecule has 2 heteroatoms. The Labute approximate surface area is 421 Å². The van der Waals surface area contributed by atoms with Crippen molar-refractivity contribution < 1.29 is 0 Å². The average Bonchev–Trinajstić information content (AvgIpc) is 3.89. The van der Waals surface area contributed by atoms with E-state index in [9.17, 15) is 0 Å². The fourth-order valence-corrected chi connectivity index (χ4v) is 14.9. The van der Waals surface area contributed by atoms with E-state index >= 15 is 0 Å². The lowest BCUT2D eigenvalue weighted by molar-refractivity contribution is 1.18. The van der Waals surface area contributed by atoms with Gasteiger partial charge in [0.25, 0.3) is 0 Å². The van der Waals surface area contributed by atoms with Crippen LogP contribution in [0.1, 0.15) is 0 Å². The van der Waals surface area contributed by atoms with Gasteiger partial charge in [-0.25, -0.2) is 0 Å². The summed E-state index contributed by atoms with van der Waals surface area (Å²) in [6, 6.07) is 97.1. The summed E-state index contributed by atoms with van der Waals surface area (Å²) in [5.74, 6) is 0. The third-order valence-corrected chi connectivity index (χ3v) is 19.2. The molecule has 0 spiro atoms. The summed E-state index contributed by atoms with van der Waals surface area (Å²) in [6.07, 6.45) is 0. The number of benzene rings is 12. The molecule has 0 aliphatic carbocycles. The third-order valence-electron chi connectivity index (χ3n) is 15.6. The van der Waals surface area contributed by atoms with Gasteiger partial charge in [0.2, 0.25) is 0 Å². The minimum atomic E-state index is -2.10. The lowest BCUT2D eigenvalue weighted by Gasteiger charge is -2.32. The molecule has 0 amide bonds. The molecule has 14 rings (SSSR count). The second-order valence-corrected chi connectivity index (χ2v) is 24.4. The molecule has 0 radical (unpaired) electrons. The van der Waals surface area contributed by atoms with Crippen molar-refractivity contribution in [3.8, 4) is 83.6 Å². The Morgan fingerprint density at radius 1 is 0.250 bits per heavy atom. The molecule has 0 saturated carbocycles. The van der Waals surface area contributed by atoms with Gasteiger partial charge >= 0.3 is 0 Å². The van der Waals surface area contributed by atoms with Gasteiger partial charge in [0.15, 0.2) is 0 Å². The van der Waals surface area contributed by atoms with Crippen LogP contribution >= 0.6 is 0 Å². The van der Waals surface area contributed by atoms with Gasteiger partial charge in [0, 0.05) is 16.5 Å². The van der Waals surface area contributed by atoms with Crippen molar-refractivity contribution in [2.24, 2.45) is 0 Å². The highest BCUT2D eigenvalue weighted by atomic mass is 28.3. The maximum absolute atomic E-state index is 2.53. The van der Waals surface area contributed by atoms with Crippen molar-refractivity contribution in [3.63, 3.8) is 0 Å². The summed E-state index contributed by atoms with van der Waals surface area (Å²) in [5, 5.41) is 10.6. The summed E-state index contributed by atoms with van der Waals surface area (Å²) in [5.41, 5.74) is 21.2. The Hall–Kier alpha value is -8.82. The van der Waals surface area contributed by atoms with Gasteiger partial charge in [-0.1, -0.05) is 250 Å². The number of hydrogen-bond acceptors (Lipinski definition) is 0. The molecular weight excluding hydrogens is 883 g/mol. The fraction of sp³-hybridized carbons (Fsp3) is 0.0286. The fourth-order valence-electron chi connectivity index (χ4n) is 11.8. The first kappa shape index (κ1) is 42.1. The van der Waals surface area contributed by atoms with Crippen molar-refractivity contribution in [2.45, 2.75) is 13.1 Å². The van der Waals surface area contributed by atoms with E-state index in [1.807, 2.05) is 0 Å². The van der Waals surface area contributed by atoms with Crippen molar-refractivity contribution in [1.29, 1.82) is 0 Å². The summed E-state index contributed by atoms with van der Waals surface area (Å²) in [7, 11) is -2.10. The highest BCUT2D eigenvalue weighted by molar-refractivity contribution is 7.03. The van der Waals surface area contributed by atoms with Crippen molar-refractivity contribution in [3.05, 3.63) is 261 Å². The number of hydrogen-bond donors (Lipinski definition) is 0. The van der Waals surface area contributed by atoms with Crippen molar-refractivity contribution in [2.75, 3.05) is 0 Å². The zero-order chi connectivity index (χ0) is 47.9. The van der Waals surface area contributed by atoms with E-state index in [0.29, 0.717) is 0 Å². The van der Waals surface area contributed by atoms with E-state index < -0.39 is 8.07 Å². The molecule has 13 aromatic rings. The normalized spacial score (nSPS) is 12.7. The molecule has 0 unspecified atom stereocenters. The molecule has 72 heavy (non-hydrogen) atoms. The molecule has 1 aliphatic rings. The SMILES string of the molecule is C[Si-]1(C)c2cc(-c3ccc(-c4ccccc4)cc3)ccc2-c2ccc(-n3c4ccc(-c5ccc(-c6cccc7ccccc67)cc5)cc4c4cc(-c5ccc(-c6cccc7ccccc67)cc5)ccc43)cc21. The van der Waals surface area contributed by atoms with Crippen molar-refractivity contribution >= 4 is 61.8 Å². The minimum Gasteiger partial charge on any atom is -0.309 e. The van der Waals surface area contributed by atoms with Crippen LogP contribution in [-0.2, 0) is 0 Å². The monoisotopic (exact) mass is 931 g/mol. The zero-order valence-electron chi connectivity index (χ0n) is 40.3. The molecule has 1 aromatic heterocycles. The van der Waals surface area contributed by atoms with Gasteiger partial charge in [-0.05, 0) is 119 Å².